The molecule has 124 valence electrons. The molecule has 0 aromatic heterocycles. The van der Waals surface area contributed by atoms with Crippen LogP contribution in [-0.4, -0.2) is 32.2 Å². The van der Waals surface area contributed by atoms with Crippen LogP contribution in [0.25, 0.3) is 0 Å². The predicted octanol–water partition coefficient (Wildman–Crippen LogP) is 1.79. The maximum atomic E-state index is 11.8. The molecule has 0 bridgehead atoms. The Morgan fingerprint density at radius 1 is 0.958 bits per heavy atom. The molecule has 0 aliphatic rings. The zero-order valence-corrected chi connectivity index (χ0v) is 13.3. The first-order valence-electron chi connectivity index (χ1n) is 7.05. The lowest BCUT2D eigenvalue weighted by molar-refractivity contribution is -0.136. The van der Waals surface area contributed by atoms with E-state index >= 15 is 0 Å². The predicted molar refractivity (Wildman–Crippen MR) is 90.4 cm³/mol. The first-order chi connectivity index (χ1) is 11.6. The molecular weight excluding hydrogens is 310 g/mol. The second kappa shape index (κ2) is 8.33. The van der Waals surface area contributed by atoms with E-state index in [-0.39, 0.29) is 0 Å². The van der Waals surface area contributed by atoms with Crippen molar-refractivity contribution in [2.45, 2.75) is 0 Å². The van der Waals surface area contributed by atoms with Crippen molar-refractivity contribution in [3.63, 3.8) is 0 Å². The largest absolute Gasteiger partial charge is 0.497 e. The molecular formula is C17H17N3O4. The molecule has 0 atom stereocenters. The number of rotatable bonds is 5. The van der Waals surface area contributed by atoms with Gasteiger partial charge in [-0.25, -0.2) is 5.43 Å². The molecule has 24 heavy (non-hydrogen) atoms. The van der Waals surface area contributed by atoms with E-state index in [2.05, 4.69) is 15.8 Å². The van der Waals surface area contributed by atoms with Crippen molar-refractivity contribution >= 4 is 23.7 Å². The molecule has 0 unspecified atom stereocenters. The molecule has 0 saturated heterocycles. The van der Waals surface area contributed by atoms with Crippen LogP contribution in [0.2, 0.25) is 0 Å². The summed E-state index contributed by atoms with van der Waals surface area (Å²) in [6.07, 6.45) is 1.43. The van der Waals surface area contributed by atoms with Crippen molar-refractivity contribution in [3.8, 4) is 11.5 Å². The lowest BCUT2D eigenvalue weighted by atomic mass is 10.2. The molecule has 0 fully saturated rings. The normalized spacial score (nSPS) is 10.2. The number of ether oxygens (including phenoxy) is 2. The number of benzene rings is 2. The average molecular weight is 327 g/mol. The van der Waals surface area contributed by atoms with Crippen LogP contribution in [0.1, 0.15) is 5.56 Å². The van der Waals surface area contributed by atoms with E-state index in [1.165, 1.54) is 13.3 Å². The van der Waals surface area contributed by atoms with Crippen LogP contribution in [0.4, 0.5) is 5.69 Å². The van der Waals surface area contributed by atoms with Crippen molar-refractivity contribution in [1.29, 1.82) is 0 Å². The van der Waals surface area contributed by atoms with Crippen LogP contribution in [0, 0.1) is 0 Å². The van der Waals surface area contributed by atoms with E-state index in [1.54, 1.807) is 55.6 Å². The van der Waals surface area contributed by atoms with Crippen LogP contribution >= 0.6 is 0 Å². The number of anilines is 1. The average Bonchev–Trinajstić information content (AvgIpc) is 2.62. The molecule has 0 heterocycles. The summed E-state index contributed by atoms with van der Waals surface area (Å²) in [4.78, 5) is 23.5. The number of hydrogen-bond acceptors (Lipinski definition) is 5. The van der Waals surface area contributed by atoms with Crippen LogP contribution in [0.3, 0.4) is 0 Å². The Kier molecular flexibility index (Phi) is 5.90. The van der Waals surface area contributed by atoms with Gasteiger partial charge in [0.2, 0.25) is 0 Å². The fraction of sp³-hybridized carbons (Fsp3) is 0.118. The van der Waals surface area contributed by atoms with Crippen molar-refractivity contribution < 1.29 is 19.1 Å². The molecule has 2 aromatic carbocycles. The zero-order valence-electron chi connectivity index (χ0n) is 13.3. The summed E-state index contributed by atoms with van der Waals surface area (Å²) < 4.78 is 10.1. The third-order valence-electron chi connectivity index (χ3n) is 3.03. The summed E-state index contributed by atoms with van der Waals surface area (Å²) in [7, 11) is 3.09. The minimum Gasteiger partial charge on any atom is -0.497 e. The van der Waals surface area contributed by atoms with Gasteiger partial charge in [-0.1, -0.05) is 6.07 Å². The van der Waals surface area contributed by atoms with Crippen LogP contribution in [-0.2, 0) is 9.59 Å². The van der Waals surface area contributed by atoms with Crippen molar-refractivity contribution in [2.75, 3.05) is 19.5 Å². The van der Waals surface area contributed by atoms with Gasteiger partial charge in [0.25, 0.3) is 0 Å². The molecule has 0 aliphatic carbocycles. The lowest BCUT2D eigenvalue weighted by Crippen LogP contribution is -2.32. The second-order valence-electron chi connectivity index (χ2n) is 4.66. The van der Waals surface area contributed by atoms with Crippen LogP contribution in [0.15, 0.2) is 53.6 Å². The number of hydrazone groups is 1. The highest BCUT2D eigenvalue weighted by atomic mass is 16.5. The minimum absolute atomic E-state index is 0.452. The minimum atomic E-state index is -0.873. The van der Waals surface area contributed by atoms with Gasteiger partial charge in [0.1, 0.15) is 11.5 Å². The Morgan fingerprint density at radius 3 is 2.33 bits per heavy atom. The summed E-state index contributed by atoms with van der Waals surface area (Å²) in [5.41, 5.74) is 3.37. The topological polar surface area (TPSA) is 89.0 Å². The Morgan fingerprint density at radius 2 is 1.67 bits per heavy atom. The highest BCUT2D eigenvalue weighted by Crippen LogP contribution is 2.16. The van der Waals surface area contributed by atoms with Gasteiger partial charge in [-0.3, -0.25) is 9.59 Å². The third-order valence-corrected chi connectivity index (χ3v) is 3.03. The lowest BCUT2D eigenvalue weighted by Gasteiger charge is -2.05. The van der Waals surface area contributed by atoms with Crippen molar-refractivity contribution in [2.24, 2.45) is 5.10 Å². The molecule has 0 radical (unpaired) electrons. The van der Waals surface area contributed by atoms with E-state index in [1.807, 2.05) is 0 Å². The van der Waals surface area contributed by atoms with Crippen molar-refractivity contribution in [3.05, 3.63) is 54.1 Å². The van der Waals surface area contributed by atoms with Crippen molar-refractivity contribution in [1.82, 2.24) is 5.43 Å². The standard InChI is InChI=1S/C17H17N3O4/c1-23-14-8-6-12(7-9-14)11-18-20-17(22)16(21)19-13-4-3-5-15(10-13)24-2/h3-11H,1-2H3,(H,19,21)(H,20,22)/b18-11+. The molecule has 0 spiro atoms. The fourth-order valence-electron chi connectivity index (χ4n) is 1.79. The molecule has 2 N–H and O–H groups in total. The summed E-state index contributed by atoms with van der Waals surface area (Å²) in [5, 5.41) is 6.20. The van der Waals surface area contributed by atoms with Gasteiger partial charge >= 0.3 is 11.8 Å². The number of amides is 2. The van der Waals surface area contributed by atoms with Gasteiger partial charge in [0, 0.05) is 11.8 Å². The van der Waals surface area contributed by atoms with Gasteiger partial charge < -0.3 is 14.8 Å². The Hall–Kier alpha value is -3.35. The zero-order chi connectivity index (χ0) is 17.4. The first kappa shape index (κ1) is 17.0. The third kappa shape index (κ3) is 4.84. The second-order valence-corrected chi connectivity index (χ2v) is 4.66. The smallest absolute Gasteiger partial charge is 0.329 e. The summed E-state index contributed by atoms with van der Waals surface area (Å²) in [6, 6.07) is 13.7. The Bertz CT molecular complexity index is 742. The molecule has 2 aromatic rings. The fourth-order valence-corrected chi connectivity index (χ4v) is 1.79. The summed E-state index contributed by atoms with van der Waals surface area (Å²) >= 11 is 0. The van der Waals surface area contributed by atoms with E-state index in [0.29, 0.717) is 17.2 Å². The van der Waals surface area contributed by atoms with Gasteiger partial charge in [-0.2, -0.15) is 5.10 Å². The van der Waals surface area contributed by atoms with Crippen LogP contribution < -0.4 is 20.2 Å². The van der Waals surface area contributed by atoms with E-state index in [0.717, 1.165) is 5.56 Å². The van der Waals surface area contributed by atoms with Gasteiger partial charge in [-0.15, -0.1) is 0 Å². The first-order valence-corrected chi connectivity index (χ1v) is 7.05. The summed E-state index contributed by atoms with van der Waals surface area (Å²) in [6.45, 7) is 0. The molecule has 2 rings (SSSR count). The van der Waals surface area contributed by atoms with Gasteiger partial charge in [0.05, 0.1) is 20.4 Å². The number of carbonyl (C=O) groups excluding carboxylic acids is 2. The Labute approximate surface area is 139 Å². The SMILES string of the molecule is COc1ccc(/C=N/NC(=O)C(=O)Nc2cccc(OC)c2)cc1. The highest BCUT2D eigenvalue weighted by Gasteiger charge is 2.12. The highest BCUT2D eigenvalue weighted by molar-refractivity contribution is 6.39. The summed E-state index contributed by atoms with van der Waals surface area (Å²) in [5.74, 6) is -0.405. The molecule has 7 heteroatoms. The van der Waals surface area contributed by atoms with E-state index in [9.17, 15) is 9.59 Å². The molecule has 0 saturated carbocycles. The molecule has 7 nitrogen and oxygen atoms in total. The van der Waals surface area contributed by atoms with Gasteiger partial charge in [-0.05, 0) is 42.0 Å². The maximum Gasteiger partial charge on any atom is 0.329 e. The monoisotopic (exact) mass is 327 g/mol. The Balaban J connectivity index is 1.88. The van der Waals surface area contributed by atoms with E-state index < -0.39 is 11.8 Å². The van der Waals surface area contributed by atoms with Gasteiger partial charge in [0.15, 0.2) is 0 Å². The maximum absolute atomic E-state index is 11.8. The number of hydrogen-bond donors (Lipinski definition) is 2. The number of methoxy groups -OCH3 is 2. The quantitative estimate of drug-likeness (QED) is 0.498. The number of nitrogens with zero attached hydrogens (tertiary/aromatic N) is 1. The molecule has 2 amide bonds. The van der Waals surface area contributed by atoms with Crippen LogP contribution in [0.5, 0.6) is 11.5 Å². The number of nitrogens with one attached hydrogen (secondary N) is 2. The number of carbonyl (C=O) groups is 2. The molecule has 0 aliphatic heterocycles. The van der Waals surface area contributed by atoms with E-state index in [4.69, 9.17) is 9.47 Å².